The van der Waals surface area contributed by atoms with Gasteiger partial charge in [0.1, 0.15) is 16.4 Å². The Bertz CT molecular complexity index is 936. The molecule has 0 radical (unpaired) electrons. The Kier molecular flexibility index (Phi) is 6.82. The minimum atomic E-state index is -3.76. The summed E-state index contributed by atoms with van der Waals surface area (Å²) in [6.45, 7) is 3.41. The number of ether oxygens (including phenoxy) is 3. The molecule has 1 fully saturated rings. The van der Waals surface area contributed by atoms with Gasteiger partial charge in [-0.1, -0.05) is 31.2 Å². The van der Waals surface area contributed by atoms with Crippen molar-refractivity contribution in [1.29, 1.82) is 0 Å². The molecule has 0 aromatic heterocycles. The quantitative estimate of drug-likeness (QED) is 0.711. The van der Waals surface area contributed by atoms with E-state index in [9.17, 15) is 8.42 Å². The van der Waals surface area contributed by atoms with Gasteiger partial charge in [0.05, 0.1) is 14.2 Å². The number of aryl methyl sites for hydroxylation is 1. The van der Waals surface area contributed by atoms with E-state index < -0.39 is 15.4 Å². The molecular formula is C22H29NO5S. The number of hydrogen-bond donors (Lipinski definition) is 1. The largest absolute Gasteiger partial charge is 0.496 e. The zero-order valence-electron chi connectivity index (χ0n) is 17.2. The molecule has 0 atom stereocenters. The van der Waals surface area contributed by atoms with E-state index in [1.54, 1.807) is 19.2 Å². The fourth-order valence-electron chi connectivity index (χ4n) is 3.85. The standard InChI is InChI=1S/C22H29NO5S/c1-4-17-9-10-20(27-3)21(15-17)29(24,25)23-16-22(11-13-28-14-12-22)18-7-5-6-8-19(18)26-2/h5-10,15,23H,4,11-14,16H2,1-3H3. The second-order valence-corrected chi connectivity index (χ2v) is 8.99. The number of benzene rings is 2. The predicted octanol–water partition coefficient (Wildman–Crippen LogP) is 3.29. The van der Waals surface area contributed by atoms with E-state index in [0.29, 0.717) is 31.8 Å². The first kappa shape index (κ1) is 21.6. The van der Waals surface area contributed by atoms with Crippen LogP contribution in [-0.2, 0) is 26.6 Å². The predicted molar refractivity (Wildman–Crippen MR) is 112 cm³/mol. The minimum Gasteiger partial charge on any atom is -0.496 e. The van der Waals surface area contributed by atoms with Crippen LogP contribution in [0.25, 0.3) is 0 Å². The normalized spacial score (nSPS) is 16.4. The number of sulfonamides is 1. The molecule has 0 spiro atoms. The molecule has 2 aromatic carbocycles. The van der Waals surface area contributed by atoms with Gasteiger partial charge in [-0.2, -0.15) is 0 Å². The molecule has 0 bridgehead atoms. The lowest BCUT2D eigenvalue weighted by Gasteiger charge is -2.38. The number of para-hydroxylation sites is 1. The first-order chi connectivity index (χ1) is 14.0. The molecule has 1 heterocycles. The van der Waals surface area contributed by atoms with Crippen LogP contribution in [0.3, 0.4) is 0 Å². The Morgan fingerprint density at radius 1 is 1.03 bits per heavy atom. The van der Waals surface area contributed by atoms with Crippen molar-refractivity contribution in [1.82, 2.24) is 4.72 Å². The van der Waals surface area contributed by atoms with E-state index in [2.05, 4.69) is 4.72 Å². The summed E-state index contributed by atoms with van der Waals surface area (Å²) in [5.41, 5.74) is 1.55. The summed E-state index contributed by atoms with van der Waals surface area (Å²) in [5, 5.41) is 0. The lowest BCUT2D eigenvalue weighted by atomic mass is 9.74. The number of hydrogen-bond acceptors (Lipinski definition) is 5. The fourth-order valence-corrected chi connectivity index (χ4v) is 5.19. The van der Waals surface area contributed by atoms with Gasteiger partial charge in [-0.25, -0.2) is 13.1 Å². The van der Waals surface area contributed by atoms with Crippen LogP contribution in [0.5, 0.6) is 11.5 Å². The summed E-state index contributed by atoms with van der Waals surface area (Å²) in [5.74, 6) is 1.10. The highest BCUT2D eigenvalue weighted by Crippen LogP contribution is 2.39. The molecule has 3 rings (SSSR count). The van der Waals surface area contributed by atoms with Crippen LogP contribution >= 0.6 is 0 Å². The summed E-state index contributed by atoms with van der Waals surface area (Å²) in [6.07, 6.45) is 2.17. The lowest BCUT2D eigenvalue weighted by Crippen LogP contribution is -2.44. The first-order valence-electron chi connectivity index (χ1n) is 9.83. The second-order valence-electron chi connectivity index (χ2n) is 7.26. The average Bonchev–Trinajstić information content (AvgIpc) is 2.78. The maximum absolute atomic E-state index is 13.2. The molecule has 2 aromatic rings. The van der Waals surface area contributed by atoms with Crippen molar-refractivity contribution >= 4 is 10.0 Å². The second kappa shape index (κ2) is 9.15. The van der Waals surface area contributed by atoms with Crippen molar-refractivity contribution in [2.24, 2.45) is 0 Å². The van der Waals surface area contributed by atoms with Crippen LogP contribution in [0.4, 0.5) is 0 Å². The molecule has 1 aliphatic rings. The van der Waals surface area contributed by atoms with Gasteiger partial charge in [0.25, 0.3) is 0 Å². The van der Waals surface area contributed by atoms with Crippen LogP contribution in [0.1, 0.15) is 30.9 Å². The molecule has 0 aliphatic carbocycles. The summed E-state index contributed by atoms with van der Waals surface area (Å²) in [4.78, 5) is 0.168. The van der Waals surface area contributed by atoms with Crippen LogP contribution in [0.15, 0.2) is 47.4 Å². The molecule has 0 saturated carbocycles. The molecule has 1 aliphatic heterocycles. The number of methoxy groups -OCH3 is 2. The third-order valence-electron chi connectivity index (χ3n) is 5.65. The van der Waals surface area contributed by atoms with Gasteiger partial charge >= 0.3 is 0 Å². The van der Waals surface area contributed by atoms with Gasteiger partial charge in [-0.05, 0) is 43.0 Å². The van der Waals surface area contributed by atoms with Crippen LogP contribution in [-0.4, -0.2) is 42.4 Å². The van der Waals surface area contributed by atoms with Gasteiger partial charge in [0.2, 0.25) is 10.0 Å². The number of nitrogens with one attached hydrogen (secondary N) is 1. The average molecular weight is 420 g/mol. The Morgan fingerprint density at radius 2 is 1.72 bits per heavy atom. The van der Waals surface area contributed by atoms with Crippen molar-refractivity contribution in [2.75, 3.05) is 34.0 Å². The highest BCUT2D eigenvalue weighted by Gasteiger charge is 2.38. The maximum atomic E-state index is 13.2. The Balaban J connectivity index is 1.94. The summed E-state index contributed by atoms with van der Waals surface area (Å²) < 4.78 is 45.7. The Hall–Kier alpha value is -2.09. The van der Waals surface area contributed by atoms with Crippen molar-refractivity contribution in [3.8, 4) is 11.5 Å². The Labute approximate surface area is 173 Å². The van der Waals surface area contributed by atoms with E-state index >= 15 is 0 Å². The van der Waals surface area contributed by atoms with Gasteiger partial charge < -0.3 is 14.2 Å². The van der Waals surface area contributed by atoms with E-state index in [1.807, 2.05) is 37.3 Å². The molecule has 1 N–H and O–H groups in total. The lowest BCUT2D eigenvalue weighted by molar-refractivity contribution is 0.0509. The Morgan fingerprint density at radius 3 is 2.38 bits per heavy atom. The van der Waals surface area contributed by atoms with E-state index in [1.165, 1.54) is 7.11 Å². The van der Waals surface area contributed by atoms with Crippen molar-refractivity contribution < 1.29 is 22.6 Å². The molecule has 158 valence electrons. The third-order valence-corrected chi connectivity index (χ3v) is 7.08. The van der Waals surface area contributed by atoms with E-state index in [0.717, 1.165) is 23.3 Å². The van der Waals surface area contributed by atoms with Crippen molar-refractivity contribution in [3.63, 3.8) is 0 Å². The maximum Gasteiger partial charge on any atom is 0.244 e. The first-order valence-corrected chi connectivity index (χ1v) is 11.3. The van der Waals surface area contributed by atoms with Gasteiger partial charge in [-0.15, -0.1) is 0 Å². The van der Waals surface area contributed by atoms with Crippen LogP contribution in [0, 0.1) is 0 Å². The molecule has 6 nitrogen and oxygen atoms in total. The zero-order chi connectivity index (χ0) is 20.9. The summed E-state index contributed by atoms with van der Waals surface area (Å²) in [7, 11) is -0.640. The molecule has 0 amide bonds. The fraction of sp³-hybridized carbons (Fsp3) is 0.455. The van der Waals surface area contributed by atoms with E-state index in [4.69, 9.17) is 14.2 Å². The number of rotatable bonds is 8. The SMILES string of the molecule is CCc1ccc(OC)c(S(=O)(=O)NCC2(c3ccccc3OC)CCOCC2)c1. The van der Waals surface area contributed by atoms with Crippen molar-refractivity contribution in [3.05, 3.63) is 53.6 Å². The van der Waals surface area contributed by atoms with Crippen molar-refractivity contribution in [2.45, 2.75) is 36.5 Å². The highest BCUT2D eigenvalue weighted by atomic mass is 32.2. The molecule has 29 heavy (non-hydrogen) atoms. The van der Waals surface area contributed by atoms with Gasteiger partial charge in [-0.3, -0.25) is 0 Å². The highest BCUT2D eigenvalue weighted by molar-refractivity contribution is 7.89. The summed E-state index contributed by atoms with van der Waals surface area (Å²) in [6, 6.07) is 13.1. The molecule has 1 saturated heterocycles. The molecule has 7 heteroatoms. The third kappa shape index (κ3) is 4.57. The summed E-state index contributed by atoms with van der Waals surface area (Å²) >= 11 is 0. The topological polar surface area (TPSA) is 73.9 Å². The minimum absolute atomic E-state index is 0.168. The van der Waals surface area contributed by atoms with Gasteiger partial charge in [0.15, 0.2) is 0 Å². The monoisotopic (exact) mass is 419 g/mol. The molecule has 0 unspecified atom stereocenters. The van der Waals surface area contributed by atoms with E-state index in [-0.39, 0.29) is 11.4 Å². The smallest absolute Gasteiger partial charge is 0.244 e. The van der Waals surface area contributed by atoms with Crippen LogP contribution < -0.4 is 14.2 Å². The van der Waals surface area contributed by atoms with Crippen LogP contribution in [0.2, 0.25) is 0 Å². The molecular weight excluding hydrogens is 390 g/mol. The zero-order valence-corrected chi connectivity index (χ0v) is 18.1. The van der Waals surface area contributed by atoms with Gasteiger partial charge in [0, 0.05) is 30.7 Å².